The summed E-state index contributed by atoms with van der Waals surface area (Å²) in [7, 11) is 0. The Bertz CT molecular complexity index is 411. The molecule has 0 aliphatic rings. The van der Waals surface area contributed by atoms with Crippen LogP contribution in [0, 0.1) is 24.7 Å². The molecule has 0 fully saturated rings. The SMILES string of the molecule is C#CCOc1ccccc1CNC(C)C#C. The van der Waals surface area contributed by atoms with Gasteiger partial charge in [-0.2, -0.15) is 0 Å². The molecular weight excluding hydrogens is 198 g/mol. The molecule has 1 N–H and O–H groups in total. The van der Waals surface area contributed by atoms with Crippen LogP contribution in [0.25, 0.3) is 0 Å². The number of hydrogen-bond donors (Lipinski definition) is 1. The van der Waals surface area contributed by atoms with E-state index in [1.807, 2.05) is 31.2 Å². The van der Waals surface area contributed by atoms with E-state index in [-0.39, 0.29) is 12.6 Å². The normalized spacial score (nSPS) is 11.2. The summed E-state index contributed by atoms with van der Waals surface area (Å²) in [6.07, 6.45) is 10.4. The lowest BCUT2D eigenvalue weighted by Crippen LogP contribution is -2.23. The lowest BCUT2D eigenvalue weighted by Gasteiger charge is -2.11. The van der Waals surface area contributed by atoms with Gasteiger partial charge in [-0.1, -0.05) is 30.0 Å². The van der Waals surface area contributed by atoms with Gasteiger partial charge in [-0.3, -0.25) is 5.32 Å². The van der Waals surface area contributed by atoms with Crippen LogP contribution in [-0.2, 0) is 6.54 Å². The average molecular weight is 213 g/mol. The summed E-state index contributed by atoms with van der Waals surface area (Å²) in [5, 5.41) is 3.20. The van der Waals surface area contributed by atoms with Gasteiger partial charge in [0.05, 0.1) is 6.04 Å². The second-order valence-corrected chi connectivity index (χ2v) is 3.37. The van der Waals surface area contributed by atoms with E-state index in [4.69, 9.17) is 17.6 Å². The van der Waals surface area contributed by atoms with Crippen LogP contribution < -0.4 is 10.1 Å². The summed E-state index contributed by atoms with van der Waals surface area (Å²) >= 11 is 0. The quantitative estimate of drug-likeness (QED) is 0.753. The van der Waals surface area contributed by atoms with Gasteiger partial charge in [0.25, 0.3) is 0 Å². The molecule has 1 unspecified atom stereocenters. The third-order valence-electron chi connectivity index (χ3n) is 2.13. The van der Waals surface area contributed by atoms with Crippen LogP contribution in [0.1, 0.15) is 12.5 Å². The van der Waals surface area contributed by atoms with Crippen molar-refractivity contribution in [2.24, 2.45) is 0 Å². The number of rotatable bonds is 5. The van der Waals surface area contributed by atoms with E-state index < -0.39 is 0 Å². The van der Waals surface area contributed by atoms with Crippen LogP contribution >= 0.6 is 0 Å². The largest absolute Gasteiger partial charge is 0.481 e. The maximum Gasteiger partial charge on any atom is 0.148 e. The first kappa shape index (κ1) is 12.2. The first-order valence-corrected chi connectivity index (χ1v) is 5.11. The minimum atomic E-state index is 0.0423. The molecule has 0 aliphatic heterocycles. The van der Waals surface area contributed by atoms with E-state index >= 15 is 0 Å². The molecule has 0 saturated heterocycles. The number of hydrogen-bond acceptors (Lipinski definition) is 2. The molecule has 1 atom stereocenters. The molecule has 2 heteroatoms. The van der Waals surface area contributed by atoms with Gasteiger partial charge in [0.2, 0.25) is 0 Å². The van der Waals surface area contributed by atoms with Gasteiger partial charge >= 0.3 is 0 Å². The molecule has 0 bridgehead atoms. The Morgan fingerprint density at radius 3 is 2.81 bits per heavy atom. The first-order chi connectivity index (χ1) is 7.77. The van der Waals surface area contributed by atoms with Gasteiger partial charge in [0.15, 0.2) is 0 Å². The summed E-state index contributed by atoms with van der Waals surface area (Å²) in [5.41, 5.74) is 1.06. The van der Waals surface area contributed by atoms with Gasteiger partial charge in [-0.05, 0) is 13.0 Å². The van der Waals surface area contributed by atoms with Crippen molar-refractivity contribution in [1.29, 1.82) is 0 Å². The monoisotopic (exact) mass is 213 g/mol. The van der Waals surface area contributed by atoms with Crippen LogP contribution in [0.4, 0.5) is 0 Å². The summed E-state index contributed by atoms with van der Waals surface area (Å²) in [4.78, 5) is 0. The molecule has 0 aliphatic carbocycles. The second kappa shape index (κ2) is 6.56. The molecule has 0 aromatic heterocycles. The van der Waals surface area contributed by atoms with E-state index in [2.05, 4.69) is 17.2 Å². The summed E-state index contributed by atoms with van der Waals surface area (Å²) in [6.45, 7) is 2.89. The van der Waals surface area contributed by atoms with Gasteiger partial charge in [0, 0.05) is 12.1 Å². The molecule has 0 amide bonds. The highest BCUT2D eigenvalue weighted by Crippen LogP contribution is 2.17. The van der Waals surface area contributed by atoms with Gasteiger partial charge in [0.1, 0.15) is 12.4 Å². The van der Waals surface area contributed by atoms with Gasteiger partial charge < -0.3 is 4.74 Å². The minimum absolute atomic E-state index is 0.0423. The summed E-state index contributed by atoms with van der Waals surface area (Å²) < 4.78 is 5.42. The lowest BCUT2D eigenvalue weighted by molar-refractivity contribution is 0.364. The van der Waals surface area contributed by atoms with E-state index in [1.54, 1.807) is 0 Å². The Kier molecular flexibility index (Phi) is 4.99. The highest BCUT2D eigenvalue weighted by Gasteiger charge is 2.03. The molecule has 1 rings (SSSR count). The maximum absolute atomic E-state index is 5.42. The van der Waals surface area contributed by atoms with Crippen molar-refractivity contribution in [1.82, 2.24) is 5.32 Å². The second-order valence-electron chi connectivity index (χ2n) is 3.37. The fourth-order valence-corrected chi connectivity index (χ4v) is 1.23. The number of terminal acetylenes is 2. The fraction of sp³-hybridized carbons (Fsp3) is 0.286. The number of para-hydroxylation sites is 1. The molecule has 2 nitrogen and oxygen atoms in total. The third kappa shape index (κ3) is 3.69. The van der Waals surface area contributed by atoms with Gasteiger partial charge in [-0.25, -0.2) is 0 Å². The van der Waals surface area contributed by atoms with Crippen LogP contribution in [0.15, 0.2) is 24.3 Å². The lowest BCUT2D eigenvalue weighted by atomic mass is 10.2. The third-order valence-corrected chi connectivity index (χ3v) is 2.13. The van der Waals surface area contributed by atoms with Crippen molar-refractivity contribution in [2.75, 3.05) is 6.61 Å². The van der Waals surface area contributed by atoms with E-state index in [0.29, 0.717) is 6.54 Å². The van der Waals surface area contributed by atoms with E-state index in [1.165, 1.54) is 0 Å². The highest BCUT2D eigenvalue weighted by atomic mass is 16.5. The maximum atomic E-state index is 5.42. The molecular formula is C14H15NO. The van der Waals surface area contributed by atoms with E-state index in [0.717, 1.165) is 11.3 Å². The Labute approximate surface area is 97.0 Å². The van der Waals surface area contributed by atoms with Crippen LogP contribution in [0.3, 0.4) is 0 Å². The molecule has 0 spiro atoms. The predicted octanol–water partition coefficient (Wildman–Crippen LogP) is 1.81. The standard InChI is InChI=1S/C14H15NO/c1-4-10-16-14-9-7-6-8-13(14)11-15-12(3)5-2/h1-2,6-9,12,15H,10-11H2,3H3. The zero-order valence-electron chi connectivity index (χ0n) is 9.36. The molecule has 0 heterocycles. The predicted molar refractivity (Wildman–Crippen MR) is 65.9 cm³/mol. The smallest absolute Gasteiger partial charge is 0.148 e. The summed E-state index contributed by atoms with van der Waals surface area (Å²) in [5.74, 6) is 5.86. The Morgan fingerprint density at radius 1 is 1.38 bits per heavy atom. The molecule has 1 aromatic carbocycles. The zero-order chi connectivity index (χ0) is 11.8. The minimum Gasteiger partial charge on any atom is -0.481 e. The first-order valence-electron chi connectivity index (χ1n) is 5.11. The van der Waals surface area contributed by atoms with Gasteiger partial charge in [-0.15, -0.1) is 12.8 Å². The van der Waals surface area contributed by atoms with Crippen LogP contribution in [0.5, 0.6) is 5.75 Å². The molecule has 0 saturated carbocycles. The Morgan fingerprint density at radius 2 is 2.12 bits per heavy atom. The van der Waals surface area contributed by atoms with Crippen LogP contribution in [0.2, 0.25) is 0 Å². The summed E-state index contributed by atoms with van der Waals surface area (Å²) in [6, 6.07) is 7.80. The van der Waals surface area contributed by atoms with Crippen molar-refractivity contribution < 1.29 is 4.74 Å². The molecule has 82 valence electrons. The van der Waals surface area contributed by atoms with Crippen LogP contribution in [-0.4, -0.2) is 12.6 Å². The fourth-order valence-electron chi connectivity index (χ4n) is 1.23. The number of ether oxygens (including phenoxy) is 1. The Balaban J connectivity index is 2.65. The number of benzene rings is 1. The highest BCUT2D eigenvalue weighted by molar-refractivity contribution is 5.33. The zero-order valence-corrected chi connectivity index (χ0v) is 9.36. The van der Waals surface area contributed by atoms with E-state index in [9.17, 15) is 0 Å². The number of nitrogens with one attached hydrogen (secondary N) is 1. The van der Waals surface area contributed by atoms with Crippen molar-refractivity contribution in [2.45, 2.75) is 19.5 Å². The average Bonchev–Trinajstić information content (AvgIpc) is 2.34. The topological polar surface area (TPSA) is 21.3 Å². The molecule has 0 radical (unpaired) electrons. The van der Waals surface area contributed by atoms with Crippen molar-refractivity contribution in [3.63, 3.8) is 0 Å². The molecule has 16 heavy (non-hydrogen) atoms. The molecule has 1 aromatic rings. The van der Waals surface area contributed by atoms with Crippen molar-refractivity contribution in [3.05, 3.63) is 29.8 Å². The van der Waals surface area contributed by atoms with Crippen molar-refractivity contribution in [3.8, 4) is 30.4 Å². The van der Waals surface area contributed by atoms with Crippen molar-refractivity contribution >= 4 is 0 Å². The Hall–Kier alpha value is -1.90.